The molecular weight excluding hydrogens is 282 g/mol. The van der Waals surface area contributed by atoms with Crippen molar-refractivity contribution in [2.45, 2.75) is 18.9 Å². The maximum absolute atomic E-state index is 11.4. The lowest BCUT2D eigenvalue weighted by Crippen LogP contribution is -2.31. The summed E-state index contributed by atoms with van der Waals surface area (Å²) >= 11 is 3.42. The highest BCUT2D eigenvalue weighted by Gasteiger charge is 2.29. The number of carbonyl (C=O) groups is 1. The standard InChI is InChI=1S/C13H16BrNO2/c1-17-13(16)12-7-10(8-15-12)6-9-2-4-11(14)5-3-9/h2-5,10,12,15H,6-8H2,1H3. The number of methoxy groups -OCH3 is 1. The van der Waals surface area contributed by atoms with Gasteiger partial charge in [0.1, 0.15) is 6.04 Å². The first-order chi connectivity index (χ1) is 8.19. The highest BCUT2D eigenvalue weighted by molar-refractivity contribution is 9.10. The van der Waals surface area contributed by atoms with Crippen LogP contribution in [-0.4, -0.2) is 25.7 Å². The second-order valence-electron chi connectivity index (χ2n) is 4.42. The molecule has 0 amide bonds. The summed E-state index contributed by atoms with van der Waals surface area (Å²) in [6, 6.07) is 8.22. The average Bonchev–Trinajstić information content (AvgIpc) is 2.80. The van der Waals surface area contributed by atoms with Crippen LogP contribution < -0.4 is 5.32 Å². The first-order valence-corrected chi connectivity index (χ1v) is 6.54. The van der Waals surface area contributed by atoms with Crippen LogP contribution >= 0.6 is 15.9 Å². The Hall–Kier alpha value is -0.870. The zero-order valence-corrected chi connectivity index (χ0v) is 11.4. The molecule has 3 nitrogen and oxygen atoms in total. The number of hydrogen-bond donors (Lipinski definition) is 1. The van der Waals surface area contributed by atoms with Gasteiger partial charge in [0.25, 0.3) is 0 Å². The Morgan fingerprint density at radius 3 is 2.82 bits per heavy atom. The Bertz CT molecular complexity index is 391. The number of nitrogens with one attached hydrogen (secondary N) is 1. The molecule has 92 valence electrons. The van der Waals surface area contributed by atoms with Gasteiger partial charge in [0.05, 0.1) is 7.11 Å². The van der Waals surface area contributed by atoms with E-state index in [0.717, 1.165) is 23.9 Å². The van der Waals surface area contributed by atoms with Gasteiger partial charge in [0, 0.05) is 4.47 Å². The van der Waals surface area contributed by atoms with Gasteiger partial charge in [0.15, 0.2) is 0 Å². The summed E-state index contributed by atoms with van der Waals surface area (Å²) < 4.78 is 5.84. The van der Waals surface area contributed by atoms with Crippen LogP contribution in [0, 0.1) is 5.92 Å². The molecular formula is C13H16BrNO2. The number of carbonyl (C=O) groups excluding carboxylic acids is 1. The summed E-state index contributed by atoms with van der Waals surface area (Å²) in [6.45, 7) is 0.885. The third-order valence-corrected chi connectivity index (χ3v) is 3.67. The van der Waals surface area contributed by atoms with E-state index >= 15 is 0 Å². The van der Waals surface area contributed by atoms with Crippen LogP contribution in [0.15, 0.2) is 28.7 Å². The maximum Gasteiger partial charge on any atom is 0.322 e. The van der Waals surface area contributed by atoms with E-state index in [2.05, 4.69) is 45.5 Å². The van der Waals surface area contributed by atoms with Crippen LogP contribution in [0.1, 0.15) is 12.0 Å². The average molecular weight is 298 g/mol. The normalized spacial score (nSPS) is 23.6. The van der Waals surface area contributed by atoms with Crippen LogP contribution in [0.2, 0.25) is 0 Å². The fourth-order valence-corrected chi connectivity index (χ4v) is 2.50. The molecule has 2 unspecified atom stereocenters. The van der Waals surface area contributed by atoms with E-state index in [4.69, 9.17) is 4.74 Å². The summed E-state index contributed by atoms with van der Waals surface area (Å²) in [5.41, 5.74) is 1.31. The molecule has 0 aromatic heterocycles. The van der Waals surface area contributed by atoms with Gasteiger partial charge in [0.2, 0.25) is 0 Å². The minimum absolute atomic E-state index is 0.125. The summed E-state index contributed by atoms with van der Waals surface area (Å²) in [7, 11) is 1.44. The van der Waals surface area contributed by atoms with Crippen molar-refractivity contribution in [2.75, 3.05) is 13.7 Å². The zero-order chi connectivity index (χ0) is 12.3. The lowest BCUT2D eigenvalue weighted by molar-refractivity contribution is -0.142. The number of ether oxygens (including phenoxy) is 1. The summed E-state index contributed by atoms with van der Waals surface area (Å²) in [4.78, 5) is 11.4. The molecule has 0 radical (unpaired) electrons. The molecule has 0 aliphatic carbocycles. The fraction of sp³-hybridized carbons (Fsp3) is 0.462. The first-order valence-electron chi connectivity index (χ1n) is 5.74. The fourth-order valence-electron chi connectivity index (χ4n) is 2.24. The monoisotopic (exact) mass is 297 g/mol. The van der Waals surface area contributed by atoms with Crippen LogP contribution in [0.4, 0.5) is 0 Å². The van der Waals surface area contributed by atoms with Crippen molar-refractivity contribution >= 4 is 21.9 Å². The quantitative estimate of drug-likeness (QED) is 0.869. The predicted molar refractivity (Wildman–Crippen MR) is 69.8 cm³/mol. The van der Waals surface area contributed by atoms with Crippen LogP contribution in [0.25, 0.3) is 0 Å². The lowest BCUT2D eigenvalue weighted by Gasteiger charge is -2.09. The Labute approximate surface area is 110 Å². The topological polar surface area (TPSA) is 38.3 Å². The summed E-state index contributed by atoms with van der Waals surface area (Å²) in [5.74, 6) is 0.364. The molecule has 0 saturated carbocycles. The van der Waals surface area contributed by atoms with E-state index in [1.807, 2.05) is 0 Å². The largest absolute Gasteiger partial charge is 0.468 e. The molecule has 1 fully saturated rings. The Morgan fingerprint density at radius 1 is 1.47 bits per heavy atom. The summed E-state index contributed by atoms with van der Waals surface area (Å²) in [6.07, 6.45) is 1.87. The Morgan fingerprint density at radius 2 is 2.18 bits per heavy atom. The first kappa shape index (κ1) is 12.6. The van der Waals surface area contributed by atoms with E-state index in [9.17, 15) is 4.79 Å². The second kappa shape index (κ2) is 5.65. The predicted octanol–water partition coefficient (Wildman–Crippen LogP) is 2.14. The molecule has 0 bridgehead atoms. The number of halogens is 1. The summed E-state index contributed by atoms with van der Waals surface area (Å²) in [5, 5.41) is 3.21. The number of benzene rings is 1. The van der Waals surface area contributed by atoms with E-state index in [1.54, 1.807) is 0 Å². The molecule has 2 atom stereocenters. The maximum atomic E-state index is 11.4. The van der Waals surface area contributed by atoms with E-state index in [-0.39, 0.29) is 12.0 Å². The van der Waals surface area contributed by atoms with E-state index in [0.29, 0.717) is 5.92 Å². The molecule has 2 rings (SSSR count). The van der Waals surface area contributed by atoms with Crippen LogP contribution in [-0.2, 0) is 16.0 Å². The van der Waals surface area contributed by atoms with Gasteiger partial charge in [-0.1, -0.05) is 28.1 Å². The molecule has 1 saturated heterocycles. The molecule has 1 N–H and O–H groups in total. The van der Waals surface area contributed by atoms with E-state index < -0.39 is 0 Å². The van der Waals surface area contributed by atoms with Gasteiger partial charge in [-0.25, -0.2) is 0 Å². The van der Waals surface area contributed by atoms with Crippen molar-refractivity contribution in [3.8, 4) is 0 Å². The molecule has 1 aliphatic heterocycles. The van der Waals surface area contributed by atoms with Crippen LogP contribution in [0.3, 0.4) is 0 Å². The van der Waals surface area contributed by atoms with Crippen molar-refractivity contribution in [1.29, 1.82) is 0 Å². The third-order valence-electron chi connectivity index (χ3n) is 3.15. The minimum atomic E-state index is -0.150. The molecule has 1 aromatic rings. The van der Waals surface area contributed by atoms with Crippen molar-refractivity contribution in [1.82, 2.24) is 5.32 Å². The highest BCUT2D eigenvalue weighted by atomic mass is 79.9. The van der Waals surface area contributed by atoms with E-state index in [1.165, 1.54) is 12.7 Å². The third kappa shape index (κ3) is 3.30. The zero-order valence-electron chi connectivity index (χ0n) is 9.78. The highest BCUT2D eigenvalue weighted by Crippen LogP contribution is 2.21. The molecule has 4 heteroatoms. The van der Waals surface area contributed by atoms with Gasteiger partial charge < -0.3 is 10.1 Å². The molecule has 0 spiro atoms. The van der Waals surface area contributed by atoms with Gasteiger partial charge in [-0.2, -0.15) is 0 Å². The Kier molecular flexibility index (Phi) is 4.18. The van der Waals surface area contributed by atoms with Gasteiger partial charge in [-0.15, -0.1) is 0 Å². The second-order valence-corrected chi connectivity index (χ2v) is 5.33. The number of rotatable bonds is 3. The smallest absolute Gasteiger partial charge is 0.322 e. The molecule has 1 heterocycles. The Balaban J connectivity index is 1.89. The minimum Gasteiger partial charge on any atom is -0.468 e. The lowest BCUT2D eigenvalue weighted by atomic mass is 9.97. The SMILES string of the molecule is COC(=O)C1CC(Cc2ccc(Br)cc2)CN1. The van der Waals surface area contributed by atoms with Gasteiger partial charge in [-0.3, -0.25) is 4.79 Å². The number of hydrogen-bond acceptors (Lipinski definition) is 3. The van der Waals surface area contributed by atoms with Crippen LogP contribution in [0.5, 0.6) is 0 Å². The van der Waals surface area contributed by atoms with Crippen molar-refractivity contribution in [2.24, 2.45) is 5.92 Å². The molecule has 1 aromatic carbocycles. The van der Waals surface area contributed by atoms with Gasteiger partial charge >= 0.3 is 5.97 Å². The molecule has 17 heavy (non-hydrogen) atoms. The number of esters is 1. The van der Waals surface area contributed by atoms with Crippen molar-refractivity contribution < 1.29 is 9.53 Å². The molecule has 1 aliphatic rings. The van der Waals surface area contributed by atoms with Crippen molar-refractivity contribution in [3.63, 3.8) is 0 Å². The van der Waals surface area contributed by atoms with Crippen molar-refractivity contribution in [3.05, 3.63) is 34.3 Å². The van der Waals surface area contributed by atoms with Gasteiger partial charge in [-0.05, 0) is 43.0 Å².